The van der Waals surface area contributed by atoms with E-state index in [2.05, 4.69) is 0 Å². The van der Waals surface area contributed by atoms with Gasteiger partial charge in [0.05, 0.1) is 25.9 Å². The van der Waals surface area contributed by atoms with Gasteiger partial charge in [-0.1, -0.05) is 0 Å². The normalized spacial score (nSPS) is 52.1. The van der Waals surface area contributed by atoms with Gasteiger partial charge in [0.15, 0.2) is 12.6 Å². The van der Waals surface area contributed by atoms with E-state index in [1.807, 2.05) is 0 Å². The lowest BCUT2D eigenvalue weighted by atomic mass is 9.95. The van der Waals surface area contributed by atoms with E-state index in [9.17, 15) is 56.2 Å². The molecule has 15 nitrogen and oxygen atoms in total. The van der Waals surface area contributed by atoms with Gasteiger partial charge in [-0.2, -0.15) is 0 Å². The highest BCUT2D eigenvalue weighted by Gasteiger charge is 2.57. The van der Waals surface area contributed by atoms with E-state index in [0.717, 1.165) is 0 Å². The van der Waals surface area contributed by atoms with Crippen LogP contribution in [0.15, 0.2) is 0 Å². The van der Waals surface area contributed by atoms with Gasteiger partial charge in [0.25, 0.3) is 0 Å². The SMILES string of the molecule is OC[C@H]1C[C@@](CO)(O[C@H]2O[C@H](CO)[C@H](O[C@@H]3O[C@H](CO)[C@H](O)[C@H](O)[C@H]3O)[C@H](O)[C@H]2O)[C@@H](O)[C@@H]1O. The van der Waals surface area contributed by atoms with Crippen LogP contribution in [0.3, 0.4) is 0 Å². The summed E-state index contributed by atoms with van der Waals surface area (Å²) in [4.78, 5) is 0. The van der Waals surface area contributed by atoms with Gasteiger partial charge in [0.1, 0.15) is 60.5 Å². The molecule has 11 N–H and O–H groups in total. The van der Waals surface area contributed by atoms with Crippen LogP contribution in [0.25, 0.3) is 0 Å². The molecule has 14 atom stereocenters. The molecule has 0 bridgehead atoms. The first-order valence-electron chi connectivity index (χ1n) is 10.9. The summed E-state index contributed by atoms with van der Waals surface area (Å²) in [5, 5.41) is 110. The Morgan fingerprint density at radius 1 is 0.647 bits per heavy atom. The first kappa shape index (κ1) is 28.0. The molecule has 1 saturated carbocycles. The van der Waals surface area contributed by atoms with Crippen LogP contribution in [-0.4, -0.2) is 162 Å². The zero-order chi connectivity index (χ0) is 25.4. The van der Waals surface area contributed by atoms with Crippen molar-refractivity contribution in [1.29, 1.82) is 0 Å². The highest BCUT2D eigenvalue weighted by Crippen LogP contribution is 2.40. The molecule has 3 fully saturated rings. The van der Waals surface area contributed by atoms with Gasteiger partial charge in [-0.25, -0.2) is 0 Å². The molecule has 2 saturated heterocycles. The molecule has 0 aromatic heterocycles. The number of hydrogen-bond acceptors (Lipinski definition) is 15. The predicted molar refractivity (Wildman–Crippen MR) is 105 cm³/mol. The minimum Gasteiger partial charge on any atom is -0.396 e. The minimum atomic E-state index is -1.89. The summed E-state index contributed by atoms with van der Waals surface area (Å²) < 4.78 is 21.7. The molecule has 200 valence electrons. The van der Waals surface area contributed by atoms with E-state index >= 15 is 0 Å². The molecule has 1 aliphatic carbocycles. The van der Waals surface area contributed by atoms with Gasteiger partial charge in [-0.05, 0) is 6.42 Å². The zero-order valence-corrected chi connectivity index (χ0v) is 18.1. The van der Waals surface area contributed by atoms with E-state index in [1.54, 1.807) is 0 Å². The van der Waals surface area contributed by atoms with Crippen LogP contribution < -0.4 is 0 Å². The Hall–Kier alpha value is -0.600. The fourth-order valence-corrected chi connectivity index (χ4v) is 4.62. The Balaban J connectivity index is 1.74. The van der Waals surface area contributed by atoms with Gasteiger partial charge in [0, 0.05) is 12.5 Å². The van der Waals surface area contributed by atoms with Crippen molar-refractivity contribution in [2.45, 2.75) is 85.6 Å². The van der Waals surface area contributed by atoms with Crippen LogP contribution in [0.2, 0.25) is 0 Å². The lowest BCUT2D eigenvalue weighted by Gasteiger charge is -2.47. The number of aliphatic hydroxyl groups excluding tert-OH is 11. The third kappa shape index (κ3) is 4.97. The van der Waals surface area contributed by atoms with Gasteiger partial charge in [-0.3, -0.25) is 0 Å². The molecule has 0 spiro atoms. The van der Waals surface area contributed by atoms with E-state index in [1.165, 1.54) is 0 Å². The molecule has 2 aliphatic heterocycles. The maximum absolute atomic E-state index is 10.7. The van der Waals surface area contributed by atoms with E-state index in [-0.39, 0.29) is 6.42 Å². The second kappa shape index (κ2) is 11.2. The molecule has 0 radical (unpaired) electrons. The monoisotopic (exact) mass is 502 g/mol. The van der Waals surface area contributed by atoms with Crippen molar-refractivity contribution in [3.63, 3.8) is 0 Å². The Bertz CT molecular complexity index is 651. The highest BCUT2D eigenvalue weighted by atomic mass is 16.7. The van der Waals surface area contributed by atoms with Gasteiger partial charge >= 0.3 is 0 Å². The molecular formula is C19H34O15. The Morgan fingerprint density at radius 3 is 1.76 bits per heavy atom. The van der Waals surface area contributed by atoms with Crippen LogP contribution in [0, 0.1) is 5.92 Å². The van der Waals surface area contributed by atoms with E-state index in [4.69, 9.17) is 18.9 Å². The maximum atomic E-state index is 10.7. The van der Waals surface area contributed by atoms with Crippen LogP contribution in [0.1, 0.15) is 6.42 Å². The maximum Gasteiger partial charge on any atom is 0.187 e. The van der Waals surface area contributed by atoms with E-state index < -0.39 is 112 Å². The Kier molecular flexibility index (Phi) is 9.22. The van der Waals surface area contributed by atoms with Crippen molar-refractivity contribution < 1.29 is 75.1 Å². The molecule has 0 unspecified atom stereocenters. The third-order valence-corrected chi connectivity index (χ3v) is 6.77. The van der Waals surface area contributed by atoms with Crippen molar-refractivity contribution in [3.8, 4) is 0 Å². The fourth-order valence-electron chi connectivity index (χ4n) is 4.62. The van der Waals surface area contributed by atoms with Crippen LogP contribution in [0.5, 0.6) is 0 Å². The third-order valence-electron chi connectivity index (χ3n) is 6.77. The molecule has 0 aromatic rings. The van der Waals surface area contributed by atoms with Crippen LogP contribution in [-0.2, 0) is 18.9 Å². The van der Waals surface area contributed by atoms with Crippen molar-refractivity contribution in [2.75, 3.05) is 26.4 Å². The number of rotatable bonds is 8. The summed E-state index contributed by atoms with van der Waals surface area (Å²) in [6.45, 7) is -2.89. The summed E-state index contributed by atoms with van der Waals surface area (Å²) >= 11 is 0. The molecule has 3 rings (SSSR count). The van der Waals surface area contributed by atoms with Crippen molar-refractivity contribution >= 4 is 0 Å². The second-order valence-corrected chi connectivity index (χ2v) is 8.93. The molecular weight excluding hydrogens is 468 g/mol. The van der Waals surface area contributed by atoms with Gasteiger partial charge in [0.2, 0.25) is 0 Å². The summed E-state index contributed by atoms with van der Waals surface area (Å²) in [6.07, 6.45) is -20.0. The van der Waals surface area contributed by atoms with Crippen LogP contribution in [0.4, 0.5) is 0 Å². The van der Waals surface area contributed by atoms with Crippen molar-refractivity contribution in [3.05, 3.63) is 0 Å². The summed E-state index contributed by atoms with van der Waals surface area (Å²) in [5.41, 5.74) is -1.86. The highest BCUT2D eigenvalue weighted by molar-refractivity contribution is 5.05. The van der Waals surface area contributed by atoms with Gasteiger partial charge in [-0.15, -0.1) is 0 Å². The second-order valence-electron chi connectivity index (χ2n) is 8.93. The van der Waals surface area contributed by atoms with Crippen molar-refractivity contribution in [2.24, 2.45) is 5.92 Å². The first-order valence-corrected chi connectivity index (χ1v) is 10.9. The Morgan fingerprint density at radius 2 is 1.24 bits per heavy atom. The lowest BCUT2D eigenvalue weighted by Crippen LogP contribution is -2.66. The number of aliphatic hydroxyl groups is 11. The standard InChI is InChI=1S/C19H34O15/c20-2-6-1-19(5-23,16(30)9(6)24)34-18-14(29)12(27)15(8(4-22)32-18)33-17-13(28)11(26)10(25)7(3-21)31-17/h6-18,20-30H,1-5H2/t6-,7-,8-,9-,10+,11+,12-,13-,14-,15+,16+,17+,18-,19+/m1/s1. The van der Waals surface area contributed by atoms with Gasteiger partial charge < -0.3 is 75.1 Å². The average molecular weight is 502 g/mol. The Labute approximate surface area is 193 Å². The number of ether oxygens (including phenoxy) is 4. The topological polar surface area (TPSA) is 259 Å². The molecule has 3 aliphatic rings. The molecule has 0 amide bonds. The number of hydrogen-bond donors (Lipinski definition) is 11. The molecule has 2 heterocycles. The summed E-state index contributed by atoms with van der Waals surface area (Å²) in [6, 6.07) is 0. The summed E-state index contributed by atoms with van der Waals surface area (Å²) in [5.74, 6) is -0.844. The molecule has 34 heavy (non-hydrogen) atoms. The lowest BCUT2D eigenvalue weighted by molar-refractivity contribution is -0.373. The first-order chi connectivity index (χ1) is 16.0. The predicted octanol–water partition coefficient (Wildman–Crippen LogP) is -6.91. The minimum absolute atomic E-state index is 0.209. The smallest absolute Gasteiger partial charge is 0.187 e. The van der Waals surface area contributed by atoms with E-state index in [0.29, 0.717) is 0 Å². The summed E-state index contributed by atoms with van der Waals surface area (Å²) in [7, 11) is 0. The van der Waals surface area contributed by atoms with Crippen LogP contribution >= 0.6 is 0 Å². The zero-order valence-electron chi connectivity index (χ0n) is 18.1. The molecule has 0 aromatic carbocycles. The van der Waals surface area contributed by atoms with Crippen molar-refractivity contribution in [1.82, 2.24) is 0 Å². The largest absolute Gasteiger partial charge is 0.396 e. The fraction of sp³-hybridized carbons (Fsp3) is 1.00. The molecule has 15 heteroatoms. The average Bonchev–Trinajstić information content (AvgIpc) is 3.08. The quantitative estimate of drug-likeness (QED) is 0.147.